The van der Waals surface area contributed by atoms with Gasteiger partial charge in [0.25, 0.3) is 0 Å². The first-order valence-corrected chi connectivity index (χ1v) is 3.64. The predicted octanol–water partition coefficient (Wildman–Crippen LogP) is 1.79. The van der Waals surface area contributed by atoms with Crippen LogP contribution in [0.15, 0.2) is 18.3 Å². The summed E-state index contributed by atoms with van der Waals surface area (Å²) in [5, 5.41) is 0.230. The molecule has 1 aromatic heterocycles. The van der Waals surface area contributed by atoms with Gasteiger partial charge < -0.3 is 5.73 Å². The van der Waals surface area contributed by atoms with E-state index in [2.05, 4.69) is 4.98 Å². The van der Waals surface area contributed by atoms with E-state index in [1.165, 1.54) is 12.3 Å². The van der Waals surface area contributed by atoms with E-state index >= 15 is 0 Å². The molecule has 0 saturated carbocycles. The number of nitrogens with two attached hydrogens (primary N) is 1. The standard InChI is InChI=1S/C7H7ClF2N2/c8-5-1-2-12-6(3-5)7(9,10)4-11/h1-3H,4,11H2. The SMILES string of the molecule is NCC(F)(F)c1cc(Cl)ccn1. The first-order valence-electron chi connectivity index (χ1n) is 3.26. The molecule has 0 amide bonds. The second-order valence-electron chi connectivity index (χ2n) is 2.27. The van der Waals surface area contributed by atoms with Crippen LogP contribution in [-0.4, -0.2) is 11.5 Å². The van der Waals surface area contributed by atoms with E-state index in [0.29, 0.717) is 0 Å². The summed E-state index contributed by atoms with van der Waals surface area (Å²) >= 11 is 5.49. The van der Waals surface area contributed by atoms with Gasteiger partial charge in [-0.25, -0.2) is 0 Å². The largest absolute Gasteiger partial charge is 0.325 e. The fourth-order valence-corrected chi connectivity index (χ4v) is 0.869. The molecule has 0 radical (unpaired) electrons. The lowest BCUT2D eigenvalue weighted by Crippen LogP contribution is -2.26. The average molecular weight is 193 g/mol. The van der Waals surface area contributed by atoms with Crippen molar-refractivity contribution in [2.24, 2.45) is 5.73 Å². The van der Waals surface area contributed by atoms with Crippen molar-refractivity contribution in [3.8, 4) is 0 Å². The monoisotopic (exact) mass is 192 g/mol. The highest BCUT2D eigenvalue weighted by Gasteiger charge is 2.31. The third-order valence-corrected chi connectivity index (χ3v) is 1.59. The van der Waals surface area contributed by atoms with Crippen LogP contribution >= 0.6 is 11.6 Å². The fraction of sp³-hybridized carbons (Fsp3) is 0.286. The quantitative estimate of drug-likeness (QED) is 0.776. The van der Waals surface area contributed by atoms with Gasteiger partial charge in [0, 0.05) is 11.2 Å². The first-order chi connectivity index (χ1) is 5.56. The topological polar surface area (TPSA) is 38.9 Å². The van der Waals surface area contributed by atoms with Gasteiger partial charge in [-0.1, -0.05) is 11.6 Å². The lowest BCUT2D eigenvalue weighted by atomic mass is 10.2. The van der Waals surface area contributed by atoms with Gasteiger partial charge in [-0.15, -0.1) is 0 Å². The molecule has 66 valence electrons. The molecule has 0 aliphatic rings. The molecule has 1 heterocycles. The molecule has 0 spiro atoms. The lowest BCUT2D eigenvalue weighted by Gasteiger charge is -2.12. The molecule has 0 aromatic carbocycles. The summed E-state index contributed by atoms with van der Waals surface area (Å²) in [7, 11) is 0. The van der Waals surface area contributed by atoms with Crippen LogP contribution in [0.4, 0.5) is 8.78 Å². The maximum atomic E-state index is 12.8. The van der Waals surface area contributed by atoms with Crippen molar-refractivity contribution in [3.05, 3.63) is 29.0 Å². The Labute approximate surface area is 73.4 Å². The minimum absolute atomic E-state index is 0.230. The summed E-state index contributed by atoms with van der Waals surface area (Å²) in [6, 6.07) is 2.53. The predicted molar refractivity (Wildman–Crippen MR) is 42.2 cm³/mol. The van der Waals surface area contributed by atoms with E-state index < -0.39 is 18.2 Å². The Balaban J connectivity index is 3.03. The van der Waals surface area contributed by atoms with E-state index in [-0.39, 0.29) is 5.02 Å². The number of hydrogen-bond donors (Lipinski definition) is 1. The third-order valence-electron chi connectivity index (χ3n) is 1.35. The van der Waals surface area contributed by atoms with Crippen molar-refractivity contribution >= 4 is 11.6 Å². The summed E-state index contributed by atoms with van der Waals surface area (Å²) in [5.74, 6) is -3.09. The van der Waals surface area contributed by atoms with Crippen molar-refractivity contribution in [1.29, 1.82) is 0 Å². The van der Waals surface area contributed by atoms with Gasteiger partial charge in [-0.05, 0) is 12.1 Å². The molecule has 0 fully saturated rings. The molecular weight excluding hydrogens is 186 g/mol. The summed E-state index contributed by atoms with van der Waals surface area (Å²) in [6.45, 7) is -0.764. The Morgan fingerprint density at radius 1 is 1.58 bits per heavy atom. The third kappa shape index (κ3) is 1.89. The summed E-state index contributed by atoms with van der Waals surface area (Å²) in [4.78, 5) is 3.47. The molecule has 12 heavy (non-hydrogen) atoms. The number of hydrogen-bond acceptors (Lipinski definition) is 2. The van der Waals surface area contributed by atoms with Crippen LogP contribution in [0.1, 0.15) is 5.69 Å². The Bertz CT molecular complexity index is 278. The zero-order chi connectivity index (χ0) is 9.19. The first kappa shape index (κ1) is 9.35. The molecule has 2 N–H and O–H groups in total. The number of halogens is 3. The van der Waals surface area contributed by atoms with Crippen molar-refractivity contribution < 1.29 is 8.78 Å². The van der Waals surface area contributed by atoms with Gasteiger partial charge in [0.2, 0.25) is 0 Å². The Morgan fingerprint density at radius 3 is 2.75 bits per heavy atom. The average Bonchev–Trinajstić information content (AvgIpc) is 2.05. The minimum atomic E-state index is -3.09. The van der Waals surface area contributed by atoms with E-state index in [1.807, 2.05) is 0 Å². The van der Waals surface area contributed by atoms with Crippen LogP contribution in [0.5, 0.6) is 0 Å². The van der Waals surface area contributed by atoms with E-state index in [0.717, 1.165) is 6.07 Å². The van der Waals surface area contributed by atoms with Gasteiger partial charge >= 0.3 is 5.92 Å². The number of nitrogens with zero attached hydrogens (tertiary/aromatic N) is 1. The number of aromatic nitrogens is 1. The molecule has 0 saturated heterocycles. The maximum Gasteiger partial charge on any atom is 0.301 e. The molecule has 5 heteroatoms. The normalized spacial score (nSPS) is 11.7. The van der Waals surface area contributed by atoms with Crippen LogP contribution in [0, 0.1) is 0 Å². The second kappa shape index (κ2) is 3.33. The molecule has 1 rings (SSSR count). The van der Waals surface area contributed by atoms with Gasteiger partial charge in [0.05, 0.1) is 6.54 Å². The number of pyridine rings is 1. The van der Waals surface area contributed by atoms with Crippen LogP contribution < -0.4 is 5.73 Å². The van der Waals surface area contributed by atoms with E-state index in [1.54, 1.807) is 0 Å². The number of alkyl halides is 2. The summed E-state index contributed by atoms with van der Waals surface area (Å²) < 4.78 is 25.6. The van der Waals surface area contributed by atoms with Crippen LogP contribution in [0.25, 0.3) is 0 Å². The van der Waals surface area contributed by atoms with Crippen molar-refractivity contribution in [2.45, 2.75) is 5.92 Å². The molecular formula is C7H7ClF2N2. The van der Waals surface area contributed by atoms with Crippen LogP contribution in [0.2, 0.25) is 5.02 Å². The second-order valence-corrected chi connectivity index (χ2v) is 2.70. The van der Waals surface area contributed by atoms with Crippen LogP contribution in [0.3, 0.4) is 0 Å². The fourth-order valence-electron chi connectivity index (χ4n) is 0.709. The smallest absolute Gasteiger partial charge is 0.301 e. The summed E-state index contributed by atoms with van der Waals surface area (Å²) in [5.41, 5.74) is 4.46. The van der Waals surface area contributed by atoms with Gasteiger partial charge in [-0.3, -0.25) is 4.98 Å². The maximum absolute atomic E-state index is 12.8. The van der Waals surface area contributed by atoms with Crippen molar-refractivity contribution in [1.82, 2.24) is 4.98 Å². The molecule has 0 bridgehead atoms. The van der Waals surface area contributed by atoms with E-state index in [9.17, 15) is 8.78 Å². The highest BCUT2D eigenvalue weighted by atomic mass is 35.5. The zero-order valence-corrected chi connectivity index (χ0v) is 6.85. The molecule has 0 aliphatic heterocycles. The molecule has 0 unspecified atom stereocenters. The lowest BCUT2D eigenvalue weighted by molar-refractivity contribution is 0.00139. The van der Waals surface area contributed by atoms with Crippen molar-refractivity contribution in [3.63, 3.8) is 0 Å². The molecule has 1 aromatic rings. The van der Waals surface area contributed by atoms with E-state index in [4.69, 9.17) is 17.3 Å². The van der Waals surface area contributed by atoms with Crippen LogP contribution in [-0.2, 0) is 5.92 Å². The van der Waals surface area contributed by atoms with Gasteiger partial charge in [0.15, 0.2) is 0 Å². The highest BCUT2D eigenvalue weighted by Crippen LogP contribution is 2.25. The highest BCUT2D eigenvalue weighted by molar-refractivity contribution is 6.30. The number of rotatable bonds is 2. The molecule has 0 aliphatic carbocycles. The van der Waals surface area contributed by atoms with Crippen molar-refractivity contribution in [2.75, 3.05) is 6.54 Å². The zero-order valence-electron chi connectivity index (χ0n) is 6.10. The Hall–Kier alpha value is -0.740. The summed E-state index contributed by atoms with van der Waals surface area (Å²) in [6.07, 6.45) is 1.22. The molecule has 2 nitrogen and oxygen atoms in total. The van der Waals surface area contributed by atoms with Gasteiger partial charge in [-0.2, -0.15) is 8.78 Å². The minimum Gasteiger partial charge on any atom is -0.325 e. The Morgan fingerprint density at radius 2 is 2.25 bits per heavy atom. The Kier molecular flexibility index (Phi) is 2.59. The van der Waals surface area contributed by atoms with Gasteiger partial charge in [0.1, 0.15) is 5.69 Å². The molecule has 0 atom stereocenters.